The zero-order valence-electron chi connectivity index (χ0n) is 13.9. The van der Waals surface area contributed by atoms with Gasteiger partial charge in [-0.15, -0.1) is 0 Å². The van der Waals surface area contributed by atoms with Crippen LogP contribution in [0.1, 0.15) is 84.0 Å². The largest absolute Gasteiger partial charge is 0.378 e. The molecule has 0 unspecified atom stereocenters. The van der Waals surface area contributed by atoms with E-state index in [-0.39, 0.29) is 5.79 Å². The van der Waals surface area contributed by atoms with Gasteiger partial charge in [-0.1, -0.05) is 51.9 Å². The SMILES string of the molecule is CCCCCCCCCCOC1CCC2(CC1)OCCO2. The summed E-state index contributed by atoms with van der Waals surface area (Å²) >= 11 is 0. The van der Waals surface area contributed by atoms with E-state index >= 15 is 0 Å². The maximum atomic E-state index is 6.02. The quantitative estimate of drug-likeness (QED) is 0.541. The summed E-state index contributed by atoms with van der Waals surface area (Å²) in [6.45, 7) is 4.75. The van der Waals surface area contributed by atoms with Gasteiger partial charge in [0.1, 0.15) is 0 Å². The fraction of sp³-hybridized carbons (Fsp3) is 1.00. The summed E-state index contributed by atoms with van der Waals surface area (Å²) in [6.07, 6.45) is 15.6. The lowest BCUT2D eigenvalue weighted by molar-refractivity contribution is -0.191. The van der Waals surface area contributed by atoms with E-state index in [0.29, 0.717) is 6.10 Å². The van der Waals surface area contributed by atoms with E-state index in [0.717, 1.165) is 45.5 Å². The molecule has 1 aliphatic heterocycles. The summed E-state index contributed by atoms with van der Waals surface area (Å²) in [4.78, 5) is 0. The molecule has 0 N–H and O–H groups in total. The van der Waals surface area contributed by atoms with Crippen LogP contribution in [0.5, 0.6) is 0 Å². The third kappa shape index (κ3) is 6.25. The van der Waals surface area contributed by atoms with Gasteiger partial charge in [0.05, 0.1) is 19.3 Å². The van der Waals surface area contributed by atoms with E-state index in [1.165, 1.54) is 51.4 Å². The summed E-state index contributed by atoms with van der Waals surface area (Å²) in [7, 11) is 0. The first-order valence-electron chi connectivity index (χ1n) is 9.24. The van der Waals surface area contributed by atoms with E-state index in [1.54, 1.807) is 0 Å². The molecule has 0 atom stereocenters. The Kier molecular flexibility index (Phi) is 8.05. The van der Waals surface area contributed by atoms with Crippen LogP contribution in [-0.2, 0) is 14.2 Å². The molecule has 0 amide bonds. The van der Waals surface area contributed by atoms with Crippen LogP contribution in [0, 0.1) is 0 Å². The van der Waals surface area contributed by atoms with Gasteiger partial charge in [-0.25, -0.2) is 0 Å². The summed E-state index contributed by atoms with van der Waals surface area (Å²) in [5.41, 5.74) is 0. The Labute approximate surface area is 130 Å². The minimum Gasteiger partial charge on any atom is -0.378 e. The number of hydrogen-bond acceptors (Lipinski definition) is 3. The van der Waals surface area contributed by atoms with Crippen molar-refractivity contribution < 1.29 is 14.2 Å². The first-order valence-corrected chi connectivity index (χ1v) is 9.24. The molecule has 21 heavy (non-hydrogen) atoms. The van der Waals surface area contributed by atoms with Crippen molar-refractivity contribution in [2.45, 2.75) is 95.9 Å². The number of hydrogen-bond donors (Lipinski definition) is 0. The van der Waals surface area contributed by atoms with E-state index in [4.69, 9.17) is 14.2 Å². The molecule has 2 fully saturated rings. The number of unbranched alkanes of at least 4 members (excludes halogenated alkanes) is 7. The highest BCUT2D eigenvalue weighted by atomic mass is 16.7. The van der Waals surface area contributed by atoms with Crippen molar-refractivity contribution in [3.05, 3.63) is 0 Å². The molecule has 2 aliphatic rings. The first kappa shape index (κ1) is 17.2. The van der Waals surface area contributed by atoms with Gasteiger partial charge in [0.2, 0.25) is 0 Å². The van der Waals surface area contributed by atoms with Crippen molar-refractivity contribution in [2.24, 2.45) is 0 Å². The molecule has 2 rings (SSSR count). The van der Waals surface area contributed by atoms with Crippen LogP contribution in [0.2, 0.25) is 0 Å². The van der Waals surface area contributed by atoms with Gasteiger partial charge < -0.3 is 14.2 Å². The molecule has 1 heterocycles. The number of ether oxygens (including phenoxy) is 3. The van der Waals surface area contributed by atoms with E-state index in [9.17, 15) is 0 Å². The van der Waals surface area contributed by atoms with Gasteiger partial charge in [0, 0.05) is 19.4 Å². The zero-order valence-corrected chi connectivity index (χ0v) is 13.9. The Morgan fingerprint density at radius 1 is 0.857 bits per heavy atom. The zero-order chi connectivity index (χ0) is 14.8. The van der Waals surface area contributed by atoms with Gasteiger partial charge in [-0.2, -0.15) is 0 Å². The van der Waals surface area contributed by atoms with E-state index < -0.39 is 0 Å². The summed E-state index contributed by atoms with van der Waals surface area (Å²) in [6, 6.07) is 0. The van der Waals surface area contributed by atoms with Crippen molar-refractivity contribution in [1.29, 1.82) is 0 Å². The second-order valence-electron chi connectivity index (χ2n) is 6.65. The molecule has 0 aromatic heterocycles. The Hall–Kier alpha value is -0.120. The highest BCUT2D eigenvalue weighted by Gasteiger charge is 2.40. The van der Waals surface area contributed by atoms with Gasteiger partial charge in [-0.3, -0.25) is 0 Å². The summed E-state index contributed by atoms with van der Waals surface area (Å²) < 4.78 is 17.5. The molecule has 1 spiro atoms. The lowest BCUT2D eigenvalue weighted by Crippen LogP contribution is -2.37. The van der Waals surface area contributed by atoms with Gasteiger partial charge in [-0.05, 0) is 19.3 Å². The van der Waals surface area contributed by atoms with Crippen LogP contribution in [-0.4, -0.2) is 31.7 Å². The van der Waals surface area contributed by atoms with Crippen LogP contribution >= 0.6 is 0 Å². The fourth-order valence-corrected chi connectivity index (χ4v) is 3.47. The highest BCUT2D eigenvalue weighted by molar-refractivity contribution is 4.82. The molecular formula is C18H34O3. The molecule has 3 heteroatoms. The first-order chi connectivity index (χ1) is 10.3. The van der Waals surface area contributed by atoms with Gasteiger partial charge in [0.25, 0.3) is 0 Å². The molecule has 1 saturated carbocycles. The molecule has 3 nitrogen and oxygen atoms in total. The average Bonchev–Trinajstić information content (AvgIpc) is 2.96. The molecule has 0 aromatic carbocycles. The Bertz CT molecular complexity index is 251. The van der Waals surface area contributed by atoms with Gasteiger partial charge >= 0.3 is 0 Å². The van der Waals surface area contributed by atoms with Crippen LogP contribution in [0.15, 0.2) is 0 Å². The van der Waals surface area contributed by atoms with Crippen molar-refractivity contribution in [3.63, 3.8) is 0 Å². The van der Waals surface area contributed by atoms with Crippen molar-refractivity contribution in [1.82, 2.24) is 0 Å². The van der Waals surface area contributed by atoms with Crippen LogP contribution in [0.25, 0.3) is 0 Å². The van der Waals surface area contributed by atoms with Crippen LogP contribution in [0.3, 0.4) is 0 Å². The average molecular weight is 298 g/mol. The Morgan fingerprint density at radius 2 is 1.43 bits per heavy atom. The molecule has 0 radical (unpaired) electrons. The second kappa shape index (κ2) is 9.81. The van der Waals surface area contributed by atoms with E-state index in [1.807, 2.05) is 0 Å². The third-order valence-electron chi connectivity index (χ3n) is 4.86. The van der Waals surface area contributed by atoms with Gasteiger partial charge in [0.15, 0.2) is 5.79 Å². The third-order valence-corrected chi connectivity index (χ3v) is 4.86. The molecule has 1 saturated heterocycles. The maximum absolute atomic E-state index is 6.02. The van der Waals surface area contributed by atoms with Crippen LogP contribution in [0.4, 0.5) is 0 Å². The normalized spacial score (nSPS) is 22.1. The monoisotopic (exact) mass is 298 g/mol. The number of rotatable bonds is 10. The predicted molar refractivity (Wildman–Crippen MR) is 85.5 cm³/mol. The fourth-order valence-electron chi connectivity index (χ4n) is 3.47. The molecule has 0 aromatic rings. The Balaban J connectivity index is 1.40. The highest BCUT2D eigenvalue weighted by Crippen LogP contribution is 2.36. The standard InChI is InChI=1S/C18H34O3/c1-2-3-4-5-6-7-8-9-14-19-17-10-12-18(13-11-17)20-15-16-21-18/h17H,2-16H2,1H3. The van der Waals surface area contributed by atoms with Crippen molar-refractivity contribution in [3.8, 4) is 0 Å². The van der Waals surface area contributed by atoms with E-state index in [2.05, 4.69) is 6.92 Å². The lowest BCUT2D eigenvalue weighted by atomic mass is 9.92. The van der Waals surface area contributed by atoms with Crippen molar-refractivity contribution >= 4 is 0 Å². The maximum Gasteiger partial charge on any atom is 0.168 e. The van der Waals surface area contributed by atoms with Crippen molar-refractivity contribution in [2.75, 3.05) is 19.8 Å². The Morgan fingerprint density at radius 3 is 2.05 bits per heavy atom. The predicted octanol–water partition coefficient (Wildman–Crippen LogP) is 4.83. The summed E-state index contributed by atoms with van der Waals surface area (Å²) in [5, 5.41) is 0. The second-order valence-corrected chi connectivity index (χ2v) is 6.65. The summed E-state index contributed by atoms with van der Waals surface area (Å²) in [5.74, 6) is -0.238. The van der Waals surface area contributed by atoms with Crippen LogP contribution < -0.4 is 0 Å². The lowest BCUT2D eigenvalue weighted by Gasteiger charge is -2.35. The molecule has 124 valence electrons. The molecule has 0 bridgehead atoms. The topological polar surface area (TPSA) is 27.7 Å². The minimum atomic E-state index is -0.238. The molecular weight excluding hydrogens is 264 g/mol. The molecule has 1 aliphatic carbocycles. The smallest absolute Gasteiger partial charge is 0.168 e. The minimum absolute atomic E-state index is 0.238.